The van der Waals surface area contributed by atoms with Crippen molar-refractivity contribution in [1.29, 1.82) is 0 Å². The van der Waals surface area contributed by atoms with E-state index in [1.54, 1.807) is 0 Å². The lowest BCUT2D eigenvalue weighted by atomic mass is 9.96. The Morgan fingerprint density at radius 3 is 2.44 bits per heavy atom. The van der Waals surface area contributed by atoms with Crippen molar-refractivity contribution >= 4 is 0 Å². The topological polar surface area (TPSA) is 205 Å². The van der Waals surface area contributed by atoms with Gasteiger partial charge in [-0.2, -0.15) is 0 Å². The van der Waals surface area contributed by atoms with Crippen LogP contribution in [0.3, 0.4) is 0 Å². The Balaban J connectivity index is 1.36. The average Bonchev–Trinajstić information content (AvgIpc) is 2.91. The average molecular weight is 514 g/mol. The van der Waals surface area contributed by atoms with Crippen LogP contribution < -0.4 is 0 Å². The van der Waals surface area contributed by atoms with E-state index in [1.165, 1.54) is 0 Å². The Hall–Kier alpha value is -1.91. The fourth-order valence-corrected chi connectivity index (χ4v) is 4.36. The number of rotatable bonds is 9. The minimum atomic E-state index is -1.58. The zero-order valence-corrected chi connectivity index (χ0v) is 19.3. The fraction of sp³-hybridized carbons (Fsp3) is 0.727. The van der Waals surface area contributed by atoms with Crippen molar-refractivity contribution in [3.63, 3.8) is 0 Å². The summed E-state index contributed by atoms with van der Waals surface area (Å²) in [6, 6.07) is 9.11. The van der Waals surface area contributed by atoms with Crippen LogP contribution in [0.5, 0.6) is 0 Å². The molecular formula is C22H31N3O11. The summed E-state index contributed by atoms with van der Waals surface area (Å²) in [7, 11) is 0. The van der Waals surface area contributed by atoms with Gasteiger partial charge in [-0.25, -0.2) is 0 Å². The first-order valence-electron chi connectivity index (χ1n) is 11.7. The molecule has 0 radical (unpaired) electrons. The molecule has 3 fully saturated rings. The Morgan fingerprint density at radius 1 is 0.972 bits per heavy atom. The van der Waals surface area contributed by atoms with Crippen molar-refractivity contribution in [3.8, 4) is 0 Å². The van der Waals surface area contributed by atoms with Crippen LogP contribution in [0.1, 0.15) is 18.3 Å². The van der Waals surface area contributed by atoms with Crippen LogP contribution in [0.15, 0.2) is 35.4 Å². The van der Waals surface area contributed by atoms with Crippen LogP contribution in [-0.4, -0.2) is 113 Å². The van der Waals surface area contributed by atoms with Gasteiger partial charge in [-0.3, -0.25) is 0 Å². The Bertz CT molecular complexity index is 872. The first-order chi connectivity index (χ1) is 17.4. The van der Waals surface area contributed by atoms with Gasteiger partial charge < -0.3 is 54.0 Å². The van der Waals surface area contributed by atoms with Crippen molar-refractivity contribution in [2.24, 2.45) is 5.11 Å². The van der Waals surface area contributed by atoms with E-state index in [2.05, 4.69) is 10.0 Å². The van der Waals surface area contributed by atoms with Gasteiger partial charge in [0.15, 0.2) is 18.9 Å². The van der Waals surface area contributed by atoms with Gasteiger partial charge in [0.2, 0.25) is 0 Å². The number of nitrogens with zero attached hydrogens (tertiary/aromatic N) is 3. The quantitative estimate of drug-likeness (QED) is 0.118. The fourth-order valence-electron chi connectivity index (χ4n) is 4.36. The molecule has 1 aromatic rings. The molecule has 5 N–H and O–H groups in total. The Morgan fingerprint density at radius 2 is 1.72 bits per heavy atom. The summed E-state index contributed by atoms with van der Waals surface area (Å²) in [5.74, 6) is 0. The summed E-state index contributed by atoms with van der Waals surface area (Å²) >= 11 is 0. The summed E-state index contributed by atoms with van der Waals surface area (Å²) in [5.41, 5.74) is 9.04. The van der Waals surface area contributed by atoms with Gasteiger partial charge in [0.1, 0.15) is 48.8 Å². The lowest BCUT2D eigenvalue weighted by Crippen LogP contribution is -2.65. The molecule has 3 aliphatic heterocycles. The van der Waals surface area contributed by atoms with Crippen LogP contribution in [0.2, 0.25) is 0 Å². The highest BCUT2D eigenvalue weighted by atomic mass is 16.8. The van der Waals surface area contributed by atoms with Crippen molar-refractivity contribution < 1.29 is 54.0 Å². The molecule has 4 rings (SSSR count). The number of azide groups is 1. The van der Waals surface area contributed by atoms with Crippen molar-refractivity contribution in [2.45, 2.75) is 74.1 Å². The van der Waals surface area contributed by atoms with Crippen LogP contribution in [0, 0.1) is 0 Å². The molecule has 36 heavy (non-hydrogen) atoms. The number of ether oxygens (including phenoxy) is 6. The number of fused-ring (bicyclic) bond motifs is 1. The number of aliphatic hydroxyl groups is 5. The highest BCUT2D eigenvalue weighted by molar-refractivity contribution is 5.16. The molecule has 0 saturated carbocycles. The third-order valence-electron chi connectivity index (χ3n) is 6.26. The molecule has 3 heterocycles. The maximum atomic E-state index is 10.7. The second-order valence-electron chi connectivity index (χ2n) is 8.69. The van der Waals surface area contributed by atoms with E-state index in [0.29, 0.717) is 6.42 Å². The predicted molar refractivity (Wildman–Crippen MR) is 118 cm³/mol. The predicted octanol–water partition coefficient (Wildman–Crippen LogP) is -0.911. The maximum Gasteiger partial charge on any atom is 0.187 e. The standard InChI is InChI=1S/C22H31N3O11/c23-25-24-7-4-8-31-21-16(29)14(27)18(12(9-26)33-21)36-22-17(30)15(28)19-13(34-22)10-32-20(35-19)11-5-2-1-3-6-11/h1-3,5-6,12-22,26-30H,4,7-10H2/t12-,13?,14?,15-,16?,17?,18-,19+,20?,21+,22+/m1/s1. The minimum Gasteiger partial charge on any atom is -0.394 e. The van der Waals surface area contributed by atoms with Crippen LogP contribution in [0.4, 0.5) is 0 Å². The first-order valence-corrected chi connectivity index (χ1v) is 11.7. The third kappa shape index (κ3) is 5.97. The van der Waals surface area contributed by atoms with E-state index >= 15 is 0 Å². The summed E-state index contributed by atoms with van der Waals surface area (Å²) in [5, 5.41) is 55.7. The van der Waals surface area contributed by atoms with Gasteiger partial charge >= 0.3 is 0 Å². The van der Waals surface area contributed by atoms with Crippen LogP contribution in [0.25, 0.3) is 10.4 Å². The van der Waals surface area contributed by atoms with E-state index < -0.39 is 74.3 Å². The van der Waals surface area contributed by atoms with E-state index in [4.69, 9.17) is 34.0 Å². The molecule has 3 aliphatic rings. The minimum absolute atomic E-state index is 0.0371. The van der Waals surface area contributed by atoms with Gasteiger partial charge in [-0.1, -0.05) is 35.4 Å². The SMILES string of the molecule is [N-]=[N+]=NCCCO[C@H]1O[C@H](CO)[C@@H](O[C@@H]2OC3COC(c4ccccc4)O[C@@H]3[C@H](O)C2O)C(O)C1O. The normalized spacial score (nSPS) is 40.8. The molecular weight excluding hydrogens is 482 g/mol. The van der Waals surface area contributed by atoms with Gasteiger partial charge in [0.25, 0.3) is 0 Å². The molecule has 11 atom stereocenters. The molecule has 0 aromatic heterocycles. The van der Waals surface area contributed by atoms with Crippen LogP contribution >= 0.6 is 0 Å². The zero-order chi connectivity index (χ0) is 25.7. The van der Waals surface area contributed by atoms with Crippen molar-refractivity contribution in [1.82, 2.24) is 0 Å². The largest absolute Gasteiger partial charge is 0.394 e. The molecule has 3 saturated heterocycles. The molecule has 1 aromatic carbocycles. The van der Waals surface area contributed by atoms with E-state index in [-0.39, 0.29) is 19.8 Å². The van der Waals surface area contributed by atoms with E-state index in [1.807, 2.05) is 30.3 Å². The third-order valence-corrected chi connectivity index (χ3v) is 6.26. The number of hydrogen-bond acceptors (Lipinski definition) is 12. The molecule has 0 spiro atoms. The summed E-state index contributed by atoms with van der Waals surface area (Å²) in [4.78, 5) is 2.63. The van der Waals surface area contributed by atoms with Crippen molar-refractivity contribution in [3.05, 3.63) is 46.3 Å². The monoisotopic (exact) mass is 513 g/mol. The second-order valence-corrected chi connectivity index (χ2v) is 8.69. The summed E-state index contributed by atoms with van der Waals surface area (Å²) in [6.45, 7) is -0.316. The Kier molecular flexibility index (Phi) is 9.47. The summed E-state index contributed by atoms with van der Waals surface area (Å²) < 4.78 is 34.0. The first kappa shape index (κ1) is 27.1. The van der Waals surface area contributed by atoms with Crippen LogP contribution in [-0.2, 0) is 28.4 Å². The molecule has 0 amide bonds. The molecule has 5 unspecified atom stereocenters. The molecule has 200 valence electrons. The van der Waals surface area contributed by atoms with Gasteiger partial charge in [-0.15, -0.1) is 0 Å². The van der Waals surface area contributed by atoms with Gasteiger partial charge in [0, 0.05) is 23.6 Å². The molecule has 0 aliphatic carbocycles. The molecule has 14 heteroatoms. The smallest absolute Gasteiger partial charge is 0.187 e. The lowest BCUT2D eigenvalue weighted by molar-refractivity contribution is -0.385. The van der Waals surface area contributed by atoms with E-state index in [0.717, 1.165) is 5.56 Å². The number of hydrogen-bond donors (Lipinski definition) is 5. The molecule has 0 bridgehead atoms. The Labute approximate surface area is 206 Å². The highest BCUT2D eigenvalue weighted by Crippen LogP contribution is 2.36. The second kappa shape index (κ2) is 12.6. The zero-order valence-electron chi connectivity index (χ0n) is 19.3. The van der Waals surface area contributed by atoms with Gasteiger partial charge in [-0.05, 0) is 12.0 Å². The van der Waals surface area contributed by atoms with Gasteiger partial charge in [0.05, 0.1) is 13.2 Å². The van der Waals surface area contributed by atoms with Crippen molar-refractivity contribution in [2.75, 3.05) is 26.4 Å². The molecule has 14 nitrogen and oxygen atoms in total. The maximum absolute atomic E-state index is 10.7. The lowest BCUT2D eigenvalue weighted by Gasteiger charge is -2.48. The summed E-state index contributed by atoms with van der Waals surface area (Å²) in [6.07, 6.45) is -13.4. The number of aliphatic hydroxyl groups excluding tert-OH is 5. The van der Waals surface area contributed by atoms with E-state index in [9.17, 15) is 25.5 Å². The highest BCUT2D eigenvalue weighted by Gasteiger charge is 2.53. The number of benzene rings is 1.